The van der Waals surface area contributed by atoms with Crippen molar-refractivity contribution in [2.24, 2.45) is 4.99 Å². The summed E-state index contributed by atoms with van der Waals surface area (Å²) in [5.74, 6) is 1.89. The van der Waals surface area contributed by atoms with Gasteiger partial charge in [-0.2, -0.15) is 0 Å². The van der Waals surface area contributed by atoms with Crippen molar-refractivity contribution in [3.63, 3.8) is 0 Å². The number of rotatable bonds is 7. The van der Waals surface area contributed by atoms with E-state index < -0.39 is 0 Å². The highest BCUT2D eigenvalue weighted by molar-refractivity contribution is 5.79. The molecule has 0 heterocycles. The van der Waals surface area contributed by atoms with Gasteiger partial charge in [-0.15, -0.1) is 0 Å². The average Bonchev–Trinajstić information content (AvgIpc) is 2.58. The molecular weight excluding hydrogens is 274 g/mol. The lowest BCUT2D eigenvalue weighted by atomic mass is 9.96. The Balaban J connectivity index is 1.53. The third-order valence-corrected chi connectivity index (χ3v) is 4.05. The van der Waals surface area contributed by atoms with Crippen LogP contribution in [0.1, 0.15) is 44.9 Å². The first-order valence-corrected chi connectivity index (χ1v) is 8.53. The first-order chi connectivity index (χ1) is 10.9. The SMILES string of the molecule is CN=C(NCCCCOc1ccccc1)NC1CCCCC1. The lowest BCUT2D eigenvalue weighted by molar-refractivity contribution is 0.307. The predicted molar refractivity (Wildman–Crippen MR) is 92.5 cm³/mol. The maximum atomic E-state index is 5.69. The number of ether oxygens (including phenoxy) is 1. The summed E-state index contributed by atoms with van der Waals surface area (Å²) in [6.07, 6.45) is 8.72. The van der Waals surface area contributed by atoms with Crippen molar-refractivity contribution in [1.29, 1.82) is 0 Å². The van der Waals surface area contributed by atoms with Gasteiger partial charge in [0, 0.05) is 19.6 Å². The molecule has 122 valence electrons. The molecule has 0 aromatic heterocycles. The number of hydrogen-bond acceptors (Lipinski definition) is 2. The summed E-state index contributed by atoms with van der Waals surface area (Å²) < 4.78 is 5.69. The van der Waals surface area contributed by atoms with Gasteiger partial charge in [0.15, 0.2) is 5.96 Å². The number of para-hydroxylation sites is 1. The van der Waals surface area contributed by atoms with Gasteiger partial charge in [-0.3, -0.25) is 4.99 Å². The van der Waals surface area contributed by atoms with Crippen LogP contribution < -0.4 is 15.4 Å². The Kier molecular flexibility index (Phi) is 7.64. The Morgan fingerprint density at radius 2 is 1.91 bits per heavy atom. The minimum Gasteiger partial charge on any atom is -0.494 e. The van der Waals surface area contributed by atoms with E-state index >= 15 is 0 Å². The van der Waals surface area contributed by atoms with E-state index in [0.717, 1.165) is 37.7 Å². The lowest BCUT2D eigenvalue weighted by Gasteiger charge is -2.24. The molecule has 4 heteroatoms. The highest BCUT2D eigenvalue weighted by atomic mass is 16.5. The zero-order valence-electron chi connectivity index (χ0n) is 13.7. The van der Waals surface area contributed by atoms with E-state index in [-0.39, 0.29) is 0 Å². The number of hydrogen-bond donors (Lipinski definition) is 2. The zero-order valence-corrected chi connectivity index (χ0v) is 13.7. The first-order valence-electron chi connectivity index (χ1n) is 8.53. The average molecular weight is 303 g/mol. The van der Waals surface area contributed by atoms with Crippen LogP contribution in [0.25, 0.3) is 0 Å². The smallest absolute Gasteiger partial charge is 0.191 e. The van der Waals surface area contributed by atoms with E-state index in [1.54, 1.807) is 0 Å². The molecule has 1 aromatic rings. The van der Waals surface area contributed by atoms with Crippen molar-refractivity contribution in [2.45, 2.75) is 51.0 Å². The second-order valence-electron chi connectivity index (χ2n) is 5.85. The summed E-state index contributed by atoms with van der Waals surface area (Å²) in [6.45, 7) is 1.70. The van der Waals surface area contributed by atoms with Crippen molar-refractivity contribution >= 4 is 5.96 Å². The van der Waals surface area contributed by atoms with Crippen LogP contribution in [0.5, 0.6) is 5.75 Å². The highest BCUT2D eigenvalue weighted by Crippen LogP contribution is 2.17. The maximum absolute atomic E-state index is 5.69. The van der Waals surface area contributed by atoms with Gasteiger partial charge in [0.25, 0.3) is 0 Å². The Bertz CT molecular complexity index is 427. The first kappa shape index (κ1) is 16.7. The largest absolute Gasteiger partial charge is 0.494 e. The molecule has 2 N–H and O–H groups in total. The minimum absolute atomic E-state index is 0.598. The van der Waals surface area contributed by atoms with Crippen LogP contribution in [0.4, 0.5) is 0 Å². The van der Waals surface area contributed by atoms with Crippen LogP contribution >= 0.6 is 0 Å². The molecule has 0 saturated heterocycles. The topological polar surface area (TPSA) is 45.7 Å². The molecule has 0 radical (unpaired) electrons. The molecule has 4 nitrogen and oxygen atoms in total. The lowest BCUT2D eigenvalue weighted by Crippen LogP contribution is -2.44. The number of benzene rings is 1. The van der Waals surface area contributed by atoms with E-state index in [9.17, 15) is 0 Å². The summed E-state index contributed by atoms with van der Waals surface area (Å²) in [6, 6.07) is 10.6. The molecule has 1 aliphatic rings. The van der Waals surface area contributed by atoms with Gasteiger partial charge in [-0.25, -0.2) is 0 Å². The predicted octanol–water partition coefficient (Wildman–Crippen LogP) is 3.34. The second kappa shape index (κ2) is 10.1. The van der Waals surface area contributed by atoms with Crippen LogP contribution in [0.3, 0.4) is 0 Å². The highest BCUT2D eigenvalue weighted by Gasteiger charge is 2.13. The fourth-order valence-corrected chi connectivity index (χ4v) is 2.78. The summed E-state index contributed by atoms with van der Waals surface area (Å²) in [7, 11) is 1.84. The summed E-state index contributed by atoms with van der Waals surface area (Å²) in [5.41, 5.74) is 0. The molecule has 0 amide bonds. The Hall–Kier alpha value is -1.71. The number of guanidine groups is 1. The Morgan fingerprint density at radius 1 is 1.14 bits per heavy atom. The van der Waals surface area contributed by atoms with E-state index in [2.05, 4.69) is 15.6 Å². The summed E-state index contributed by atoms with van der Waals surface area (Å²) >= 11 is 0. The van der Waals surface area contributed by atoms with E-state index in [4.69, 9.17) is 4.74 Å². The third-order valence-electron chi connectivity index (χ3n) is 4.05. The van der Waals surface area contributed by atoms with Gasteiger partial charge in [0.2, 0.25) is 0 Å². The van der Waals surface area contributed by atoms with Crippen molar-refractivity contribution in [2.75, 3.05) is 20.2 Å². The van der Waals surface area contributed by atoms with Crippen LogP contribution in [0.15, 0.2) is 35.3 Å². The molecule has 1 fully saturated rings. The van der Waals surface area contributed by atoms with Crippen molar-refractivity contribution in [1.82, 2.24) is 10.6 Å². The Morgan fingerprint density at radius 3 is 2.64 bits per heavy atom. The quantitative estimate of drug-likeness (QED) is 0.461. The molecule has 0 bridgehead atoms. The Labute approximate surface area is 134 Å². The molecule has 22 heavy (non-hydrogen) atoms. The fraction of sp³-hybridized carbons (Fsp3) is 0.611. The molecule has 2 rings (SSSR count). The molecular formula is C18H29N3O. The van der Waals surface area contributed by atoms with Crippen LogP contribution in [-0.2, 0) is 0 Å². The zero-order chi connectivity index (χ0) is 15.5. The van der Waals surface area contributed by atoms with Gasteiger partial charge in [0.05, 0.1) is 6.61 Å². The standard InChI is InChI=1S/C18H29N3O/c1-19-18(21-16-10-4-2-5-11-16)20-14-8-9-15-22-17-12-6-3-7-13-17/h3,6-7,12-13,16H,2,4-5,8-11,14-15H2,1H3,(H2,19,20,21). The number of aliphatic imine (C=N–C) groups is 1. The second-order valence-corrected chi connectivity index (χ2v) is 5.85. The maximum Gasteiger partial charge on any atom is 0.191 e. The fourth-order valence-electron chi connectivity index (χ4n) is 2.78. The van der Waals surface area contributed by atoms with Gasteiger partial charge in [-0.1, -0.05) is 37.5 Å². The molecule has 1 aromatic carbocycles. The van der Waals surface area contributed by atoms with Crippen molar-refractivity contribution < 1.29 is 4.74 Å². The molecule has 0 atom stereocenters. The molecule has 1 saturated carbocycles. The molecule has 0 aliphatic heterocycles. The van der Waals surface area contributed by atoms with E-state index in [1.165, 1.54) is 32.1 Å². The summed E-state index contributed by atoms with van der Waals surface area (Å²) in [4.78, 5) is 4.31. The van der Waals surface area contributed by atoms with Crippen LogP contribution in [0, 0.1) is 0 Å². The van der Waals surface area contributed by atoms with E-state index in [1.807, 2.05) is 37.4 Å². The normalized spacial score (nSPS) is 16.3. The van der Waals surface area contributed by atoms with Crippen molar-refractivity contribution in [3.8, 4) is 5.75 Å². The van der Waals surface area contributed by atoms with E-state index in [0.29, 0.717) is 6.04 Å². The molecule has 0 unspecified atom stereocenters. The molecule has 1 aliphatic carbocycles. The number of unbranched alkanes of at least 4 members (excludes halogenated alkanes) is 1. The number of nitrogens with zero attached hydrogens (tertiary/aromatic N) is 1. The van der Waals surface area contributed by atoms with Gasteiger partial charge in [0.1, 0.15) is 5.75 Å². The van der Waals surface area contributed by atoms with Crippen LogP contribution in [0.2, 0.25) is 0 Å². The van der Waals surface area contributed by atoms with Gasteiger partial charge >= 0.3 is 0 Å². The van der Waals surface area contributed by atoms with Gasteiger partial charge < -0.3 is 15.4 Å². The van der Waals surface area contributed by atoms with Crippen LogP contribution in [-0.4, -0.2) is 32.2 Å². The minimum atomic E-state index is 0.598. The number of nitrogens with one attached hydrogen (secondary N) is 2. The summed E-state index contributed by atoms with van der Waals surface area (Å²) in [5, 5.41) is 6.93. The van der Waals surface area contributed by atoms with Crippen molar-refractivity contribution in [3.05, 3.63) is 30.3 Å². The third kappa shape index (κ3) is 6.37. The van der Waals surface area contributed by atoms with Gasteiger partial charge in [-0.05, 0) is 37.8 Å². The monoisotopic (exact) mass is 303 g/mol. The molecule has 0 spiro atoms.